The molecule has 158 valence electrons. The number of hydrogen-bond acceptors (Lipinski definition) is 3. The van der Waals surface area contributed by atoms with Crippen molar-refractivity contribution in [2.45, 2.75) is 24.3 Å². The smallest absolute Gasteiger partial charge is 0.243 e. The minimum atomic E-state index is -3.69. The van der Waals surface area contributed by atoms with Crippen molar-refractivity contribution in [2.75, 3.05) is 13.1 Å². The number of hydrogen-bond donors (Lipinski definition) is 1. The summed E-state index contributed by atoms with van der Waals surface area (Å²) < 4.78 is 43.0. The quantitative estimate of drug-likeness (QED) is 0.678. The molecule has 1 fully saturated rings. The Morgan fingerprint density at radius 3 is 2.83 bits per heavy atom. The van der Waals surface area contributed by atoms with Gasteiger partial charge in [0.15, 0.2) is 0 Å². The van der Waals surface area contributed by atoms with Crippen LogP contribution < -0.4 is 5.32 Å². The van der Waals surface area contributed by atoms with E-state index >= 15 is 0 Å². The Morgan fingerprint density at radius 1 is 1.20 bits per heavy atom. The Morgan fingerprint density at radius 2 is 2.03 bits per heavy atom. The van der Waals surface area contributed by atoms with Crippen LogP contribution in [0, 0.1) is 11.7 Å². The number of piperidine rings is 1. The summed E-state index contributed by atoms with van der Waals surface area (Å²) in [6.07, 6.45) is 3.13. The van der Waals surface area contributed by atoms with Gasteiger partial charge in [-0.05, 0) is 54.8 Å². The van der Waals surface area contributed by atoms with Gasteiger partial charge in [0.05, 0.1) is 10.8 Å². The third kappa shape index (κ3) is 4.11. The molecule has 0 unspecified atom stereocenters. The number of sulfonamides is 1. The Balaban J connectivity index is 1.46. The van der Waals surface area contributed by atoms with Gasteiger partial charge in [-0.2, -0.15) is 4.31 Å². The van der Waals surface area contributed by atoms with Crippen LogP contribution in [-0.2, 0) is 28.4 Å². The predicted octanol–water partition coefficient (Wildman–Crippen LogP) is 3.03. The lowest BCUT2D eigenvalue weighted by molar-refractivity contribution is -0.126. The molecular weight excluding hydrogens is 405 g/mol. The molecule has 0 radical (unpaired) electrons. The second kappa shape index (κ2) is 8.20. The van der Waals surface area contributed by atoms with Gasteiger partial charge in [0, 0.05) is 43.8 Å². The topological polar surface area (TPSA) is 71.4 Å². The van der Waals surface area contributed by atoms with E-state index in [1.807, 2.05) is 23.9 Å². The van der Waals surface area contributed by atoms with Gasteiger partial charge < -0.3 is 9.88 Å². The molecule has 0 bridgehead atoms. The first-order valence-electron chi connectivity index (χ1n) is 9.92. The number of halogens is 1. The number of nitrogens with zero attached hydrogens (tertiary/aromatic N) is 2. The first-order valence-corrected chi connectivity index (χ1v) is 11.4. The van der Waals surface area contributed by atoms with Crippen molar-refractivity contribution >= 4 is 26.8 Å². The van der Waals surface area contributed by atoms with Crippen LogP contribution in [-0.4, -0.2) is 36.3 Å². The van der Waals surface area contributed by atoms with Crippen molar-refractivity contribution in [1.29, 1.82) is 0 Å². The van der Waals surface area contributed by atoms with E-state index in [0.717, 1.165) is 10.9 Å². The molecular formula is C22H24FN3O3S. The van der Waals surface area contributed by atoms with E-state index in [1.54, 1.807) is 30.3 Å². The maximum absolute atomic E-state index is 13.3. The zero-order valence-electron chi connectivity index (χ0n) is 16.7. The Kier molecular flexibility index (Phi) is 5.62. The summed E-state index contributed by atoms with van der Waals surface area (Å²) in [5, 5.41) is 3.67. The highest BCUT2D eigenvalue weighted by Crippen LogP contribution is 2.26. The number of aryl methyl sites for hydroxylation is 1. The van der Waals surface area contributed by atoms with Gasteiger partial charge in [-0.25, -0.2) is 12.8 Å². The Labute approximate surface area is 175 Å². The van der Waals surface area contributed by atoms with Crippen molar-refractivity contribution in [3.8, 4) is 0 Å². The summed E-state index contributed by atoms with van der Waals surface area (Å²) in [4.78, 5) is 12.9. The fourth-order valence-corrected chi connectivity index (χ4v) is 5.48. The van der Waals surface area contributed by atoms with Gasteiger partial charge in [-0.3, -0.25) is 4.79 Å². The second-order valence-corrected chi connectivity index (χ2v) is 9.64. The lowest BCUT2D eigenvalue weighted by atomic mass is 9.99. The largest absolute Gasteiger partial charge is 0.352 e. The Hall–Kier alpha value is -2.71. The summed E-state index contributed by atoms with van der Waals surface area (Å²) in [7, 11) is -1.78. The number of fused-ring (bicyclic) bond motifs is 1. The molecule has 4 rings (SSSR count). The number of carbonyl (C=O) groups is 1. The third-order valence-corrected chi connectivity index (χ3v) is 7.47. The van der Waals surface area contributed by atoms with Crippen molar-refractivity contribution in [3.63, 3.8) is 0 Å². The van der Waals surface area contributed by atoms with Gasteiger partial charge in [-0.15, -0.1) is 0 Å². The number of amides is 1. The van der Waals surface area contributed by atoms with E-state index in [0.29, 0.717) is 24.9 Å². The molecule has 1 aliphatic heterocycles. The number of aromatic nitrogens is 1. The van der Waals surface area contributed by atoms with Crippen LogP contribution >= 0.6 is 0 Å². The van der Waals surface area contributed by atoms with Crippen LogP contribution in [0.4, 0.5) is 4.39 Å². The van der Waals surface area contributed by atoms with E-state index in [2.05, 4.69) is 5.32 Å². The summed E-state index contributed by atoms with van der Waals surface area (Å²) in [5.41, 5.74) is 1.63. The molecule has 0 saturated carbocycles. The molecule has 8 heteroatoms. The maximum Gasteiger partial charge on any atom is 0.243 e. The second-order valence-electron chi connectivity index (χ2n) is 7.70. The van der Waals surface area contributed by atoms with E-state index in [9.17, 15) is 17.6 Å². The molecule has 1 saturated heterocycles. The predicted molar refractivity (Wildman–Crippen MR) is 113 cm³/mol. The molecule has 2 heterocycles. The molecule has 0 spiro atoms. The lowest BCUT2D eigenvalue weighted by Crippen LogP contribution is -2.45. The van der Waals surface area contributed by atoms with Crippen LogP contribution in [0.25, 0.3) is 10.9 Å². The van der Waals surface area contributed by atoms with Crippen molar-refractivity contribution in [3.05, 3.63) is 66.1 Å². The highest BCUT2D eigenvalue weighted by molar-refractivity contribution is 7.89. The zero-order chi connectivity index (χ0) is 21.3. The number of benzene rings is 2. The van der Waals surface area contributed by atoms with Gasteiger partial charge in [0.1, 0.15) is 5.82 Å². The molecule has 0 aliphatic carbocycles. The summed E-state index contributed by atoms with van der Waals surface area (Å²) in [6, 6.07) is 13.0. The molecule has 1 amide bonds. The van der Waals surface area contributed by atoms with Gasteiger partial charge in [0.2, 0.25) is 15.9 Å². The average Bonchev–Trinajstić information content (AvgIpc) is 3.12. The van der Waals surface area contributed by atoms with Crippen molar-refractivity contribution in [1.82, 2.24) is 14.2 Å². The van der Waals surface area contributed by atoms with Crippen LogP contribution in [0.5, 0.6) is 0 Å². The molecule has 30 heavy (non-hydrogen) atoms. The van der Waals surface area contributed by atoms with Crippen LogP contribution in [0.1, 0.15) is 18.4 Å². The molecule has 2 aromatic carbocycles. The summed E-state index contributed by atoms with van der Waals surface area (Å²) in [6.45, 7) is 0.748. The molecule has 1 N–H and O–H groups in total. The first-order chi connectivity index (χ1) is 14.3. The van der Waals surface area contributed by atoms with E-state index in [1.165, 1.54) is 16.4 Å². The van der Waals surface area contributed by atoms with Crippen molar-refractivity contribution in [2.24, 2.45) is 13.0 Å². The zero-order valence-corrected chi connectivity index (χ0v) is 17.5. The highest BCUT2D eigenvalue weighted by atomic mass is 32.2. The van der Waals surface area contributed by atoms with Crippen LogP contribution in [0.3, 0.4) is 0 Å². The van der Waals surface area contributed by atoms with Crippen molar-refractivity contribution < 1.29 is 17.6 Å². The summed E-state index contributed by atoms with van der Waals surface area (Å²) >= 11 is 0. The minimum absolute atomic E-state index is 0.143. The lowest BCUT2D eigenvalue weighted by Gasteiger charge is -2.31. The van der Waals surface area contributed by atoms with Gasteiger partial charge in [-0.1, -0.05) is 12.1 Å². The highest BCUT2D eigenvalue weighted by Gasteiger charge is 2.33. The fraction of sp³-hybridized carbons (Fsp3) is 0.318. The average molecular weight is 430 g/mol. The number of rotatable bonds is 5. The first kappa shape index (κ1) is 20.6. The standard InChI is InChI=1S/C22H24FN3O3S/c1-25-11-9-17-13-20(7-8-21(17)25)30(28,29)26-10-3-5-18(15-26)22(27)24-14-16-4-2-6-19(23)12-16/h2,4,6-9,11-13,18H,3,5,10,14-15H2,1H3,(H,24,27)/t18-/m1/s1. The monoisotopic (exact) mass is 429 g/mol. The number of carbonyl (C=O) groups excluding carboxylic acids is 1. The molecule has 6 nitrogen and oxygen atoms in total. The Bertz CT molecular complexity index is 1190. The number of nitrogens with one attached hydrogen (secondary N) is 1. The normalized spacial score (nSPS) is 17.9. The maximum atomic E-state index is 13.3. The fourth-order valence-electron chi connectivity index (χ4n) is 3.92. The van der Waals surface area contributed by atoms with E-state index in [-0.39, 0.29) is 29.7 Å². The van der Waals surface area contributed by atoms with E-state index < -0.39 is 15.9 Å². The van der Waals surface area contributed by atoms with Gasteiger partial charge >= 0.3 is 0 Å². The molecule has 1 aliphatic rings. The molecule has 1 aromatic heterocycles. The minimum Gasteiger partial charge on any atom is -0.352 e. The van der Waals surface area contributed by atoms with Crippen LogP contribution in [0.15, 0.2) is 59.6 Å². The third-order valence-electron chi connectivity index (χ3n) is 5.61. The summed E-state index contributed by atoms with van der Waals surface area (Å²) in [5.74, 6) is -0.993. The molecule has 3 aromatic rings. The van der Waals surface area contributed by atoms with Gasteiger partial charge in [0.25, 0.3) is 0 Å². The van der Waals surface area contributed by atoms with Crippen LogP contribution in [0.2, 0.25) is 0 Å². The molecule has 1 atom stereocenters. The van der Waals surface area contributed by atoms with E-state index in [4.69, 9.17) is 0 Å². The SMILES string of the molecule is Cn1ccc2cc(S(=O)(=O)N3CCC[C@@H](C(=O)NCc4cccc(F)c4)C3)ccc21.